The van der Waals surface area contributed by atoms with E-state index in [1.54, 1.807) is 24.3 Å². The summed E-state index contributed by atoms with van der Waals surface area (Å²) in [7, 11) is -3.60. The Morgan fingerprint density at radius 1 is 1.17 bits per heavy atom. The predicted molar refractivity (Wildman–Crippen MR) is 70.7 cm³/mol. The van der Waals surface area contributed by atoms with Crippen molar-refractivity contribution in [1.82, 2.24) is 4.31 Å². The van der Waals surface area contributed by atoms with Crippen molar-refractivity contribution in [2.24, 2.45) is 0 Å². The van der Waals surface area contributed by atoms with Gasteiger partial charge in [0.05, 0.1) is 11.4 Å². The molecule has 4 nitrogen and oxygen atoms in total. The molecule has 0 N–H and O–H groups in total. The summed E-state index contributed by atoms with van der Waals surface area (Å²) in [5.74, 6) is 0. The molecule has 1 aromatic carbocycles. The van der Waals surface area contributed by atoms with Crippen LogP contribution in [0, 0.1) is 0 Å². The minimum atomic E-state index is -3.60. The number of hydrogen-bond donors (Lipinski definition) is 0. The van der Waals surface area contributed by atoms with Gasteiger partial charge in [-0.3, -0.25) is 0 Å². The van der Waals surface area contributed by atoms with Gasteiger partial charge in [-0.1, -0.05) is 29.8 Å². The van der Waals surface area contributed by atoms with E-state index in [2.05, 4.69) is 0 Å². The number of aldehydes is 1. The molecular weight excluding hydrogens is 250 g/mol. The molecule has 1 rings (SSSR count). The molecule has 0 saturated carbocycles. The van der Waals surface area contributed by atoms with Crippen LogP contribution in [0.4, 0.5) is 0 Å². The fourth-order valence-electron chi connectivity index (χ4n) is 1.38. The van der Waals surface area contributed by atoms with E-state index in [-0.39, 0.29) is 18.0 Å². The number of carbonyl (C=O) groups is 1. The van der Waals surface area contributed by atoms with Crippen LogP contribution >= 0.6 is 0 Å². The molecule has 5 heteroatoms. The Balaban J connectivity index is 3.05. The van der Waals surface area contributed by atoms with Gasteiger partial charge in [-0.25, -0.2) is 8.42 Å². The second-order valence-corrected chi connectivity index (χ2v) is 6.02. The first-order valence-electron chi connectivity index (χ1n) is 5.60. The summed E-state index contributed by atoms with van der Waals surface area (Å²) in [5.41, 5.74) is 1.01. The van der Waals surface area contributed by atoms with E-state index in [9.17, 15) is 13.2 Å². The summed E-state index contributed by atoms with van der Waals surface area (Å²) in [6, 6.07) is 8.12. The van der Waals surface area contributed by atoms with Crippen molar-refractivity contribution in [3.63, 3.8) is 0 Å². The van der Waals surface area contributed by atoms with Crippen LogP contribution in [0.15, 0.2) is 46.9 Å². The van der Waals surface area contributed by atoms with Crippen LogP contribution in [0.5, 0.6) is 0 Å². The lowest BCUT2D eigenvalue weighted by Gasteiger charge is -2.18. The molecule has 18 heavy (non-hydrogen) atoms. The fourth-order valence-corrected chi connectivity index (χ4v) is 2.71. The van der Waals surface area contributed by atoms with Gasteiger partial charge < -0.3 is 4.79 Å². The lowest BCUT2D eigenvalue weighted by Crippen LogP contribution is -2.33. The van der Waals surface area contributed by atoms with E-state index in [1.165, 1.54) is 12.1 Å². The number of rotatable bonds is 6. The maximum absolute atomic E-state index is 12.3. The fraction of sp³-hybridized carbons (Fsp3) is 0.308. The molecule has 0 aromatic heterocycles. The van der Waals surface area contributed by atoms with Crippen LogP contribution in [0.1, 0.15) is 13.8 Å². The van der Waals surface area contributed by atoms with E-state index < -0.39 is 10.0 Å². The topological polar surface area (TPSA) is 54.5 Å². The first-order valence-corrected chi connectivity index (χ1v) is 7.04. The Labute approximate surface area is 108 Å². The number of hydrogen-bond acceptors (Lipinski definition) is 3. The van der Waals surface area contributed by atoms with Crippen LogP contribution in [0.3, 0.4) is 0 Å². The van der Waals surface area contributed by atoms with Crippen molar-refractivity contribution in [2.45, 2.75) is 18.7 Å². The first-order chi connectivity index (χ1) is 8.48. The monoisotopic (exact) mass is 267 g/mol. The van der Waals surface area contributed by atoms with Gasteiger partial charge in [-0.05, 0) is 26.0 Å². The summed E-state index contributed by atoms with van der Waals surface area (Å²) in [6.45, 7) is 3.84. The number of sulfonamides is 1. The number of benzene rings is 1. The van der Waals surface area contributed by atoms with Gasteiger partial charge in [0.1, 0.15) is 6.29 Å². The van der Waals surface area contributed by atoms with Crippen LogP contribution in [0.25, 0.3) is 0 Å². The highest BCUT2D eigenvalue weighted by Gasteiger charge is 2.22. The van der Waals surface area contributed by atoms with Gasteiger partial charge in [0.25, 0.3) is 0 Å². The molecule has 0 unspecified atom stereocenters. The Bertz CT molecular complexity index is 516. The second-order valence-electron chi connectivity index (χ2n) is 4.08. The van der Waals surface area contributed by atoms with Crippen LogP contribution in [0.2, 0.25) is 0 Å². The summed E-state index contributed by atoms with van der Waals surface area (Å²) >= 11 is 0. The van der Waals surface area contributed by atoms with Crippen molar-refractivity contribution in [3.05, 3.63) is 42.0 Å². The maximum Gasteiger partial charge on any atom is 0.243 e. The highest BCUT2D eigenvalue weighted by molar-refractivity contribution is 7.89. The van der Waals surface area contributed by atoms with Crippen LogP contribution in [-0.2, 0) is 14.8 Å². The Kier molecular flexibility index (Phi) is 5.25. The van der Waals surface area contributed by atoms with Crippen molar-refractivity contribution in [1.29, 1.82) is 0 Å². The van der Waals surface area contributed by atoms with Gasteiger partial charge in [-0.2, -0.15) is 4.31 Å². The molecule has 98 valence electrons. The minimum Gasteiger partial charge on any atom is -0.302 e. The SMILES string of the molecule is CC(C)=CCN(CC=O)S(=O)(=O)c1ccccc1. The van der Waals surface area contributed by atoms with E-state index in [4.69, 9.17) is 0 Å². The standard InChI is InChI=1S/C13H17NO3S/c1-12(2)8-9-14(10-11-15)18(16,17)13-6-4-3-5-7-13/h3-8,11H,9-10H2,1-2H3. The molecule has 0 aliphatic rings. The molecule has 0 heterocycles. The lowest BCUT2D eigenvalue weighted by atomic mass is 10.3. The van der Waals surface area contributed by atoms with Crippen LogP contribution < -0.4 is 0 Å². The van der Waals surface area contributed by atoms with Crippen molar-refractivity contribution < 1.29 is 13.2 Å². The molecule has 0 aliphatic carbocycles. The average Bonchev–Trinajstić information content (AvgIpc) is 2.35. The molecule has 0 spiro atoms. The van der Waals surface area contributed by atoms with E-state index >= 15 is 0 Å². The van der Waals surface area contributed by atoms with Gasteiger partial charge in [0.2, 0.25) is 10.0 Å². The Hall–Kier alpha value is -1.46. The first kappa shape index (κ1) is 14.6. The molecule has 0 fully saturated rings. The highest BCUT2D eigenvalue weighted by Crippen LogP contribution is 2.14. The van der Waals surface area contributed by atoms with E-state index in [1.807, 2.05) is 13.8 Å². The quantitative estimate of drug-likeness (QED) is 0.584. The molecule has 0 amide bonds. The Morgan fingerprint density at radius 2 is 1.78 bits per heavy atom. The second kappa shape index (κ2) is 6.47. The third-order valence-electron chi connectivity index (χ3n) is 2.36. The molecule has 0 saturated heterocycles. The van der Waals surface area contributed by atoms with Crippen molar-refractivity contribution >= 4 is 16.3 Å². The van der Waals surface area contributed by atoms with E-state index in [0.29, 0.717) is 6.29 Å². The molecule has 0 bridgehead atoms. The zero-order valence-corrected chi connectivity index (χ0v) is 11.4. The zero-order chi connectivity index (χ0) is 13.6. The smallest absolute Gasteiger partial charge is 0.243 e. The molecule has 1 aromatic rings. The Morgan fingerprint density at radius 3 is 2.28 bits per heavy atom. The highest BCUT2D eigenvalue weighted by atomic mass is 32.2. The summed E-state index contributed by atoms with van der Waals surface area (Å²) < 4.78 is 25.7. The molecule has 0 radical (unpaired) electrons. The summed E-state index contributed by atoms with van der Waals surface area (Å²) in [4.78, 5) is 10.8. The summed E-state index contributed by atoms with van der Waals surface area (Å²) in [5, 5.41) is 0. The van der Waals surface area contributed by atoms with Gasteiger partial charge in [-0.15, -0.1) is 0 Å². The lowest BCUT2D eigenvalue weighted by molar-refractivity contribution is -0.108. The number of allylic oxidation sites excluding steroid dienone is 1. The van der Waals surface area contributed by atoms with Crippen molar-refractivity contribution in [2.75, 3.05) is 13.1 Å². The van der Waals surface area contributed by atoms with Gasteiger partial charge in [0, 0.05) is 6.54 Å². The van der Waals surface area contributed by atoms with Crippen LogP contribution in [-0.4, -0.2) is 32.1 Å². The molecule has 0 aliphatic heterocycles. The normalized spacial score (nSPS) is 11.3. The van der Waals surface area contributed by atoms with E-state index in [0.717, 1.165) is 9.88 Å². The molecule has 0 atom stereocenters. The van der Waals surface area contributed by atoms with Gasteiger partial charge >= 0.3 is 0 Å². The minimum absolute atomic E-state index is 0.138. The number of nitrogens with zero attached hydrogens (tertiary/aromatic N) is 1. The third kappa shape index (κ3) is 3.78. The maximum atomic E-state index is 12.3. The molecular formula is C13H17NO3S. The van der Waals surface area contributed by atoms with Gasteiger partial charge in [0.15, 0.2) is 0 Å². The number of carbonyl (C=O) groups excluding carboxylic acids is 1. The predicted octanol–water partition coefficient (Wildman–Crippen LogP) is 1.84. The average molecular weight is 267 g/mol. The van der Waals surface area contributed by atoms with Crippen molar-refractivity contribution in [3.8, 4) is 0 Å². The third-order valence-corrected chi connectivity index (χ3v) is 4.21. The zero-order valence-electron chi connectivity index (χ0n) is 10.5. The summed E-state index contributed by atoms with van der Waals surface area (Å²) in [6.07, 6.45) is 2.38. The largest absolute Gasteiger partial charge is 0.302 e.